The van der Waals surface area contributed by atoms with Crippen molar-refractivity contribution < 1.29 is 33.3 Å². The quantitative estimate of drug-likeness (QED) is 0.372. The topological polar surface area (TPSA) is 174 Å². The second kappa shape index (κ2) is 9.55. The summed E-state index contributed by atoms with van der Waals surface area (Å²) in [4.78, 5) is 53.8. The summed E-state index contributed by atoms with van der Waals surface area (Å²) in [6.07, 6.45) is -4.08. The van der Waals surface area contributed by atoms with Gasteiger partial charge in [-0.25, -0.2) is 0 Å². The number of hydrogen-bond acceptors (Lipinski definition) is 12. The van der Waals surface area contributed by atoms with Crippen LogP contribution in [-0.4, -0.2) is 71.7 Å². The monoisotopic (exact) mass is 458 g/mol. The molecule has 1 fully saturated rings. The first-order valence-electron chi connectivity index (χ1n) is 9.20. The minimum Gasteiger partial charge on any atom is -0.463 e. The number of hydrogen-bond donors (Lipinski definition) is 2. The van der Waals surface area contributed by atoms with Gasteiger partial charge in [0, 0.05) is 21.0 Å². The van der Waals surface area contributed by atoms with Crippen LogP contribution in [0.2, 0.25) is 0 Å². The second-order valence-corrected chi connectivity index (χ2v) is 7.57. The summed E-state index contributed by atoms with van der Waals surface area (Å²) in [6.45, 7) is 2.57. The number of anilines is 1. The third-order valence-corrected chi connectivity index (χ3v) is 5.33. The van der Waals surface area contributed by atoms with E-state index in [-0.39, 0.29) is 36.1 Å². The first-order chi connectivity index (χ1) is 14.7. The molecule has 0 aromatic carbocycles. The van der Waals surface area contributed by atoms with Crippen LogP contribution in [0.25, 0.3) is 10.3 Å². The zero-order valence-electron chi connectivity index (χ0n) is 17.0. The van der Waals surface area contributed by atoms with Gasteiger partial charge in [0.15, 0.2) is 18.0 Å². The van der Waals surface area contributed by atoms with Crippen molar-refractivity contribution >= 4 is 39.6 Å². The third-order valence-electron chi connectivity index (χ3n) is 4.38. The summed E-state index contributed by atoms with van der Waals surface area (Å²) in [5.41, 5.74) is 5.02. The maximum Gasteiger partial charge on any atom is 0.311 e. The van der Waals surface area contributed by atoms with Gasteiger partial charge in [0.05, 0.1) is 13.2 Å². The molecule has 0 saturated carbocycles. The molecule has 3 heterocycles. The molecule has 0 radical (unpaired) electrons. The van der Waals surface area contributed by atoms with E-state index in [9.17, 15) is 19.2 Å². The van der Waals surface area contributed by atoms with E-state index >= 15 is 0 Å². The zero-order chi connectivity index (χ0) is 22.7. The molecule has 4 atom stereocenters. The lowest BCUT2D eigenvalue weighted by atomic mass is 10.1. The average molecular weight is 458 g/mol. The Balaban J connectivity index is 2.06. The Labute approximate surface area is 179 Å². The largest absolute Gasteiger partial charge is 0.463 e. The van der Waals surface area contributed by atoms with E-state index in [2.05, 4.69) is 9.97 Å². The van der Waals surface area contributed by atoms with Crippen LogP contribution in [0.15, 0.2) is 9.59 Å². The molecule has 2 aromatic heterocycles. The van der Waals surface area contributed by atoms with E-state index < -0.39 is 46.9 Å². The Hall–Kier alpha value is -2.81. The molecular weight excluding hydrogens is 436 g/mol. The highest BCUT2D eigenvalue weighted by molar-refractivity contribution is 7.16. The van der Waals surface area contributed by atoms with E-state index in [1.54, 1.807) is 0 Å². The average Bonchev–Trinajstić information content (AvgIpc) is 3.17. The van der Waals surface area contributed by atoms with E-state index in [0.717, 1.165) is 4.57 Å². The molecule has 14 heteroatoms. The third kappa shape index (κ3) is 4.92. The van der Waals surface area contributed by atoms with Crippen LogP contribution in [0.4, 0.5) is 5.95 Å². The smallest absolute Gasteiger partial charge is 0.311 e. The highest BCUT2D eigenvalue weighted by Gasteiger charge is 2.50. The molecule has 1 aliphatic rings. The minimum absolute atomic E-state index is 0.0258. The zero-order valence-corrected chi connectivity index (χ0v) is 17.8. The molecule has 0 aliphatic carbocycles. The van der Waals surface area contributed by atoms with Crippen molar-refractivity contribution in [3.8, 4) is 0 Å². The molecule has 3 N–H and O–H groups in total. The molecule has 1 aliphatic heterocycles. The summed E-state index contributed by atoms with van der Waals surface area (Å²) >= 11 is 0.643. The normalized spacial score (nSPS) is 23.2. The predicted octanol–water partition coefficient (Wildman–Crippen LogP) is -0.848. The number of carbonyl (C=O) groups is 2. The van der Waals surface area contributed by atoms with Crippen molar-refractivity contribution in [3.05, 3.63) is 20.0 Å². The van der Waals surface area contributed by atoms with E-state index in [1.807, 2.05) is 0 Å². The first kappa shape index (κ1) is 22.9. The standard InChI is InChI=1S/C17H22N4O9S/c1-7(22)28-6-9-10(27-5-4-26-3)11(29-8(2)23)15(30-9)21-13-12(31-17(21)25)14(24)20-16(18)19-13/h9-11,15H,4-6H2,1-3H3,(H3,18,19,20,24)/t9-,10+,11-,15-/m1/s1. The molecule has 31 heavy (non-hydrogen) atoms. The summed E-state index contributed by atoms with van der Waals surface area (Å²) < 4.78 is 28.3. The molecule has 0 amide bonds. The first-order valence-corrected chi connectivity index (χ1v) is 10.0. The highest BCUT2D eigenvalue weighted by Crippen LogP contribution is 2.35. The SMILES string of the molecule is COCCO[C@@H]1[C@@H](OC(C)=O)[C@H](n2c(=O)sc3c(=O)[nH]c(N)nc32)O[C@@H]1COC(C)=O. The minimum atomic E-state index is -1.20. The number of nitrogens with two attached hydrogens (primary N) is 1. The number of aromatic amines is 1. The van der Waals surface area contributed by atoms with Gasteiger partial charge in [-0.1, -0.05) is 11.3 Å². The van der Waals surface area contributed by atoms with Gasteiger partial charge in [-0.05, 0) is 0 Å². The number of carbonyl (C=O) groups excluding carboxylic acids is 2. The van der Waals surface area contributed by atoms with Gasteiger partial charge in [-0.15, -0.1) is 0 Å². The van der Waals surface area contributed by atoms with Gasteiger partial charge < -0.3 is 29.4 Å². The van der Waals surface area contributed by atoms with Crippen molar-refractivity contribution in [2.24, 2.45) is 0 Å². The fraction of sp³-hybridized carbons (Fsp3) is 0.588. The maximum atomic E-state index is 12.7. The summed E-state index contributed by atoms with van der Waals surface area (Å²) in [5.74, 6) is -1.40. The van der Waals surface area contributed by atoms with Crippen molar-refractivity contribution in [1.29, 1.82) is 0 Å². The van der Waals surface area contributed by atoms with Gasteiger partial charge >= 0.3 is 16.8 Å². The number of rotatable bonds is 8. The summed E-state index contributed by atoms with van der Waals surface area (Å²) in [7, 11) is 1.49. The molecule has 0 unspecified atom stereocenters. The lowest BCUT2D eigenvalue weighted by molar-refractivity contribution is -0.158. The summed E-state index contributed by atoms with van der Waals surface area (Å²) in [6, 6.07) is 0. The molecule has 13 nitrogen and oxygen atoms in total. The van der Waals surface area contributed by atoms with Crippen LogP contribution in [0, 0.1) is 0 Å². The number of esters is 2. The number of H-pyrrole nitrogens is 1. The van der Waals surface area contributed by atoms with Gasteiger partial charge in [0.25, 0.3) is 5.56 Å². The van der Waals surface area contributed by atoms with Crippen molar-refractivity contribution in [1.82, 2.24) is 14.5 Å². The van der Waals surface area contributed by atoms with Gasteiger partial charge in [0.2, 0.25) is 5.95 Å². The highest BCUT2D eigenvalue weighted by atomic mass is 32.1. The number of fused-ring (bicyclic) bond motifs is 1. The van der Waals surface area contributed by atoms with Crippen LogP contribution in [0.5, 0.6) is 0 Å². The van der Waals surface area contributed by atoms with Crippen LogP contribution in [0.3, 0.4) is 0 Å². The lowest BCUT2D eigenvalue weighted by Crippen LogP contribution is -2.41. The number of nitrogens with zero attached hydrogens (tertiary/aromatic N) is 2. The second-order valence-electron chi connectivity index (χ2n) is 6.61. The predicted molar refractivity (Wildman–Crippen MR) is 107 cm³/mol. The number of aromatic nitrogens is 3. The molecule has 0 spiro atoms. The van der Waals surface area contributed by atoms with Crippen molar-refractivity contribution in [3.63, 3.8) is 0 Å². The fourth-order valence-corrected chi connectivity index (χ4v) is 4.05. The molecule has 0 bridgehead atoms. The number of thiazole rings is 1. The Bertz CT molecular complexity index is 1080. The Morgan fingerprint density at radius 3 is 2.61 bits per heavy atom. The molecular formula is C17H22N4O9S. The number of nitrogens with one attached hydrogen (secondary N) is 1. The van der Waals surface area contributed by atoms with Crippen LogP contribution in [-0.2, 0) is 33.3 Å². The molecule has 2 aromatic rings. The number of ether oxygens (including phenoxy) is 5. The number of methoxy groups -OCH3 is 1. The van der Waals surface area contributed by atoms with E-state index in [0.29, 0.717) is 11.3 Å². The van der Waals surface area contributed by atoms with Gasteiger partial charge in [-0.2, -0.15) is 4.98 Å². The molecule has 3 rings (SSSR count). The maximum absolute atomic E-state index is 12.7. The molecule has 1 saturated heterocycles. The molecule has 170 valence electrons. The Kier molecular flexibility index (Phi) is 7.04. The Morgan fingerprint density at radius 2 is 1.97 bits per heavy atom. The fourth-order valence-electron chi connectivity index (χ4n) is 3.21. The number of nitrogen functional groups attached to an aromatic ring is 1. The van der Waals surface area contributed by atoms with E-state index in [1.165, 1.54) is 21.0 Å². The lowest BCUT2D eigenvalue weighted by Gasteiger charge is -2.24. The summed E-state index contributed by atoms with van der Waals surface area (Å²) in [5, 5.41) is 0. The Morgan fingerprint density at radius 1 is 1.23 bits per heavy atom. The van der Waals surface area contributed by atoms with Crippen molar-refractivity contribution in [2.75, 3.05) is 32.7 Å². The van der Waals surface area contributed by atoms with Crippen LogP contribution in [0.1, 0.15) is 20.1 Å². The van der Waals surface area contributed by atoms with Crippen molar-refractivity contribution in [2.45, 2.75) is 38.4 Å². The van der Waals surface area contributed by atoms with Gasteiger partial charge in [0.1, 0.15) is 23.5 Å². The van der Waals surface area contributed by atoms with Crippen LogP contribution < -0.4 is 16.2 Å². The van der Waals surface area contributed by atoms with Crippen LogP contribution >= 0.6 is 11.3 Å². The van der Waals surface area contributed by atoms with Gasteiger partial charge in [-0.3, -0.25) is 28.7 Å². The van der Waals surface area contributed by atoms with E-state index in [4.69, 9.17) is 29.4 Å².